The van der Waals surface area contributed by atoms with Gasteiger partial charge in [-0.25, -0.2) is 4.79 Å². The van der Waals surface area contributed by atoms with Crippen molar-refractivity contribution in [3.8, 4) is 0 Å². The van der Waals surface area contributed by atoms with Crippen molar-refractivity contribution >= 4 is 24.6 Å². The largest absolute Gasteiger partial charge is 0.332 e. The van der Waals surface area contributed by atoms with Crippen LogP contribution in [0.5, 0.6) is 0 Å². The van der Waals surface area contributed by atoms with E-state index in [9.17, 15) is 14.4 Å². The molecule has 0 heterocycles. The van der Waals surface area contributed by atoms with Gasteiger partial charge in [0, 0.05) is 26.1 Å². The van der Waals surface area contributed by atoms with Crippen LogP contribution in [0.15, 0.2) is 4.99 Å². The molecule has 0 aromatic heterocycles. The summed E-state index contributed by atoms with van der Waals surface area (Å²) in [6.45, 7) is 1.85. The molecule has 1 aliphatic carbocycles. The second-order valence-corrected chi connectivity index (χ2v) is 3.91. The first-order valence-electron chi connectivity index (χ1n) is 5.57. The predicted molar refractivity (Wildman–Crippen MR) is 62.7 cm³/mol. The van der Waals surface area contributed by atoms with E-state index in [1.54, 1.807) is 14.0 Å². The van der Waals surface area contributed by atoms with Crippen molar-refractivity contribution in [1.29, 1.82) is 0 Å². The van der Waals surface area contributed by atoms with Gasteiger partial charge < -0.3 is 4.79 Å². The van der Waals surface area contributed by atoms with Gasteiger partial charge in [0.15, 0.2) is 0 Å². The molecule has 0 bridgehead atoms. The van der Waals surface area contributed by atoms with E-state index < -0.39 is 6.03 Å². The van der Waals surface area contributed by atoms with E-state index in [2.05, 4.69) is 4.99 Å². The first-order valence-corrected chi connectivity index (χ1v) is 5.57. The Labute approximate surface area is 100 Å². The molecule has 0 saturated heterocycles. The Hall–Kier alpha value is -1.72. The van der Waals surface area contributed by atoms with Gasteiger partial charge in [-0.1, -0.05) is 0 Å². The van der Waals surface area contributed by atoms with Crippen LogP contribution in [0.4, 0.5) is 4.79 Å². The van der Waals surface area contributed by atoms with Gasteiger partial charge in [0.2, 0.25) is 6.41 Å². The molecular weight excluding hydrogens is 222 g/mol. The molecule has 1 aliphatic rings. The first-order chi connectivity index (χ1) is 8.15. The molecule has 0 atom stereocenters. The van der Waals surface area contributed by atoms with Crippen molar-refractivity contribution in [1.82, 2.24) is 9.80 Å². The lowest BCUT2D eigenvalue weighted by Gasteiger charge is -2.26. The number of carbonyl (C=O) groups excluding carboxylic acids is 3. The van der Waals surface area contributed by atoms with Crippen LogP contribution in [-0.2, 0) is 9.59 Å². The van der Waals surface area contributed by atoms with Crippen LogP contribution in [0.2, 0.25) is 0 Å². The zero-order valence-electron chi connectivity index (χ0n) is 10.1. The van der Waals surface area contributed by atoms with E-state index in [1.165, 1.54) is 4.90 Å². The van der Waals surface area contributed by atoms with Gasteiger partial charge in [-0.3, -0.25) is 19.6 Å². The third-order valence-corrected chi connectivity index (χ3v) is 2.65. The summed E-state index contributed by atoms with van der Waals surface area (Å²) < 4.78 is 0. The Balaban J connectivity index is 2.74. The monoisotopic (exact) mass is 239 g/mol. The van der Waals surface area contributed by atoms with Crippen LogP contribution in [0, 0.1) is 0 Å². The highest BCUT2D eigenvalue weighted by molar-refractivity contribution is 6.00. The molecule has 1 fully saturated rings. The van der Waals surface area contributed by atoms with Gasteiger partial charge in [-0.15, -0.1) is 0 Å². The van der Waals surface area contributed by atoms with Gasteiger partial charge in [0.1, 0.15) is 12.1 Å². The lowest BCUT2D eigenvalue weighted by atomic mass is 10.4. The highest BCUT2D eigenvalue weighted by Gasteiger charge is 2.36. The zero-order valence-corrected chi connectivity index (χ0v) is 10.1. The fourth-order valence-corrected chi connectivity index (χ4v) is 1.52. The maximum atomic E-state index is 12.1. The second-order valence-electron chi connectivity index (χ2n) is 3.91. The van der Waals surface area contributed by atoms with Crippen molar-refractivity contribution in [2.75, 3.05) is 13.6 Å². The van der Waals surface area contributed by atoms with Crippen LogP contribution < -0.4 is 0 Å². The smallest absolute Gasteiger partial charge is 0.303 e. The van der Waals surface area contributed by atoms with Crippen LogP contribution in [0.1, 0.15) is 26.2 Å². The molecule has 0 aromatic carbocycles. The molecular formula is C11H17N3O3. The molecule has 17 heavy (non-hydrogen) atoms. The third-order valence-electron chi connectivity index (χ3n) is 2.65. The summed E-state index contributed by atoms with van der Waals surface area (Å²) >= 11 is 0. The average Bonchev–Trinajstić information content (AvgIpc) is 3.14. The number of carbonyl (C=O) groups is 3. The molecule has 0 radical (unpaired) electrons. The number of amidine groups is 1. The molecule has 0 aliphatic heterocycles. The van der Waals surface area contributed by atoms with E-state index in [4.69, 9.17) is 0 Å². The minimum absolute atomic E-state index is 0.117. The van der Waals surface area contributed by atoms with Crippen molar-refractivity contribution < 1.29 is 14.4 Å². The quantitative estimate of drug-likeness (QED) is 0.402. The molecule has 0 unspecified atom stereocenters. The zero-order chi connectivity index (χ0) is 12.8. The molecule has 6 nitrogen and oxygen atoms in total. The van der Waals surface area contributed by atoms with Gasteiger partial charge >= 0.3 is 6.03 Å². The minimum atomic E-state index is -0.396. The lowest BCUT2D eigenvalue weighted by Crippen LogP contribution is -2.46. The van der Waals surface area contributed by atoms with Crippen LogP contribution in [0.3, 0.4) is 0 Å². The van der Waals surface area contributed by atoms with Crippen LogP contribution >= 0.6 is 0 Å². The summed E-state index contributed by atoms with van der Waals surface area (Å²) in [5, 5.41) is 0. The third kappa shape index (κ3) is 3.37. The highest BCUT2D eigenvalue weighted by Crippen LogP contribution is 2.28. The van der Waals surface area contributed by atoms with Crippen molar-refractivity contribution in [2.45, 2.75) is 32.2 Å². The number of rotatable bonds is 5. The van der Waals surface area contributed by atoms with Gasteiger partial charge in [-0.05, 0) is 19.8 Å². The Morgan fingerprint density at radius 1 is 1.41 bits per heavy atom. The van der Waals surface area contributed by atoms with E-state index in [-0.39, 0.29) is 19.0 Å². The molecule has 3 amide bonds. The number of hydrogen-bond donors (Lipinski definition) is 0. The SMILES string of the molecule is C/N=C(/C)N(C(=O)N(C=O)CCC=O)C1CC1. The first kappa shape index (κ1) is 13.3. The molecule has 0 spiro atoms. The molecule has 1 rings (SSSR count). The molecule has 6 heteroatoms. The molecule has 94 valence electrons. The topological polar surface area (TPSA) is 70.1 Å². The van der Waals surface area contributed by atoms with E-state index in [1.807, 2.05) is 0 Å². The number of urea groups is 1. The Morgan fingerprint density at radius 3 is 2.47 bits per heavy atom. The Bertz CT molecular complexity index is 337. The molecule has 0 N–H and O–H groups in total. The second kappa shape index (κ2) is 6.12. The summed E-state index contributed by atoms with van der Waals surface area (Å²) in [5.74, 6) is 0.593. The lowest BCUT2D eigenvalue weighted by molar-refractivity contribution is -0.116. The summed E-state index contributed by atoms with van der Waals surface area (Å²) in [5.41, 5.74) is 0. The summed E-state index contributed by atoms with van der Waals surface area (Å²) in [4.78, 5) is 39.7. The maximum absolute atomic E-state index is 12.1. The van der Waals surface area contributed by atoms with Crippen molar-refractivity contribution in [2.24, 2.45) is 4.99 Å². The number of hydrogen-bond acceptors (Lipinski definition) is 4. The van der Waals surface area contributed by atoms with Crippen molar-refractivity contribution in [3.63, 3.8) is 0 Å². The predicted octanol–water partition coefficient (Wildman–Crippen LogP) is 0.666. The standard InChI is InChI=1S/C11H17N3O3/c1-9(12-2)14(10-4-5-10)11(17)13(8-16)6-3-7-15/h7-8,10H,3-6H2,1-2H3/b12-9-. The van der Waals surface area contributed by atoms with Gasteiger partial charge in [0.05, 0.1) is 0 Å². The summed E-state index contributed by atoms with van der Waals surface area (Å²) in [6, 6.07) is -0.252. The highest BCUT2D eigenvalue weighted by atomic mass is 16.2. The Morgan fingerprint density at radius 2 is 2.06 bits per heavy atom. The fraction of sp³-hybridized carbons (Fsp3) is 0.636. The maximum Gasteiger partial charge on any atom is 0.332 e. The number of aliphatic imine (C=N–C) groups is 1. The van der Waals surface area contributed by atoms with Crippen LogP contribution in [0.25, 0.3) is 0 Å². The number of imide groups is 1. The van der Waals surface area contributed by atoms with Crippen LogP contribution in [-0.4, -0.2) is 54.0 Å². The summed E-state index contributed by atoms with van der Waals surface area (Å²) in [6.07, 6.45) is 3.17. The number of nitrogens with zero attached hydrogens (tertiary/aromatic N) is 3. The van der Waals surface area contributed by atoms with E-state index in [0.717, 1.165) is 17.7 Å². The van der Waals surface area contributed by atoms with Crippen molar-refractivity contribution in [3.05, 3.63) is 0 Å². The van der Waals surface area contributed by atoms with E-state index in [0.29, 0.717) is 18.5 Å². The fourth-order valence-electron chi connectivity index (χ4n) is 1.52. The average molecular weight is 239 g/mol. The molecule has 0 aromatic rings. The van der Waals surface area contributed by atoms with E-state index >= 15 is 0 Å². The summed E-state index contributed by atoms with van der Waals surface area (Å²) in [7, 11) is 1.61. The molecule has 1 saturated carbocycles. The Kier molecular flexibility index (Phi) is 4.81. The van der Waals surface area contributed by atoms with Gasteiger partial charge in [0.25, 0.3) is 0 Å². The number of amides is 3. The normalized spacial score (nSPS) is 15.3. The van der Waals surface area contributed by atoms with Gasteiger partial charge in [-0.2, -0.15) is 0 Å². The number of aldehydes is 1. The minimum Gasteiger partial charge on any atom is -0.303 e.